The zero-order valence-corrected chi connectivity index (χ0v) is 15.1. The van der Waals surface area contributed by atoms with Gasteiger partial charge in [0.25, 0.3) is 0 Å². The Morgan fingerprint density at radius 3 is 1.77 bits per heavy atom. The molecule has 26 heavy (non-hydrogen) atoms. The van der Waals surface area contributed by atoms with Gasteiger partial charge in [-0.05, 0) is 52.3 Å². The highest BCUT2D eigenvalue weighted by Crippen LogP contribution is 2.26. The summed E-state index contributed by atoms with van der Waals surface area (Å²) in [7, 11) is 0. The van der Waals surface area contributed by atoms with Crippen LogP contribution in [-0.4, -0.2) is 50.5 Å². The maximum Gasteiger partial charge on any atom is 0.338 e. The van der Waals surface area contributed by atoms with Crippen molar-refractivity contribution in [3.05, 3.63) is 46.8 Å². The summed E-state index contributed by atoms with van der Waals surface area (Å²) in [5.74, 6) is -3.83. The molecule has 0 saturated carbocycles. The number of aliphatic carboxylic acids is 2. The normalized spacial score (nSPS) is 16.1. The molecule has 0 aliphatic carbocycles. The van der Waals surface area contributed by atoms with Crippen LogP contribution in [-0.2, 0) is 19.1 Å². The van der Waals surface area contributed by atoms with Gasteiger partial charge in [0.05, 0.1) is 0 Å². The van der Waals surface area contributed by atoms with E-state index in [1.54, 1.807) is 0 Å². The Labute approximate surface area is 151 Å². The van der Waals surface area contributed by atoms with Crippen LogP contribution in [0.5, 0.6) is 0 Å². The van der Waals surface area contributed by atoms with Gasteiger partial charge in [0.2, 0.25) is 0 Å². The summed E-state index contributed by atoms with van der Waals surface area (Å²) in [6, 6.07) is 0. The Morgan fingerprint density at radius 1 is 0.962 bits per heavy atom. The van der Waals surface area contributed by atoms with Gasteiger partial charge < -0.3 is 25.2 Å². The smallest absolute Gasteiger partial charge is 0.338 e. The number of carboxylic acid groups (broad SMARTS) is 2. The Kier molecular flexibility index (Phi) is 9.24. The first-order valence-electron chi connectivity index (χ1n) is 7.73. The molecule has 0 unspecified atom stereocenters. The first-order chi connectivity index (χ1) is 12.0. The van der Waals surface area contributed by atoms with E-state index < -0.39 is 23.5 Å². The van der Waals surface area contributed by atoms with Gasteiger partial charge in [-0.3, -0.25) is 0 Å². The van der Waals surface area contributed by atoms with E-state index in [-0.39, 0.29) is 35.5 Å². The largest absolute Gasteiger partial charge is 0.478 e. The Balaban J connectivity index is 6.04. The summed E-state index contributed by atoms with van der Waals surface area (Å²) >= 11 is 0. The number of carboxylic acids is 2. The lowest BCUT2D eigenvalue weighted by Gasteiger charge is -2.25. The van der Waals surface area contributed by atoms with Crippen LogP contribution in [0.2, 0.25) is 0 Å². The van der Waals surface area contributed by atoms with E-state index >= 15 is 0 Å². The Bertz CT molecular complexity index is 649. The fraction of sp³-hybridized carbons (Fsp3) is 0.389. The van der Waals surface area contributed by atoms with Crippen molar-refractivity contribution in [3.8, 4) is 0 Å². The van der Waals surface area contributed by atoms with Gasteiger partial charge in [0, 0.05) is 23.3 Å². The van der Waals surface area contributed by atoms with Crippen molar-refractivity contribution in [1.29, 1.82) is 0 Å². The lowest BCUT2D eigenvalue weighted by atomic mass is 9.94. The van der Waals surface area contributed by atoms with E-state index in [9.17, 15) is 19.5 Å². The minimum absolute atomic E-state index is 0.161. The van der Waals surface area contributed by atoms with Gasteiger partial charge in [-0.15, -0.1) is 0 Å². The molecule has 0 aromatic heterocycles. The third-order valence-corrected chi connectivity index (χ3v) is 3.31. The number of aliphatic hydroxyl groups is 2. The predicted molar refractivity (Wildman–Crippen MR) is 93.0 cm³/mol. The number of hydrogen-bond acceptors (Lipinski definition) is 6. The maximum atomic E-state index is 12.1. The average Bonchev–Trinajstić information content (AvgIpc) is 2.56. The molecule has 0 bridgehead atoms. The molecule has 0 saturated heterocycles. The fourth-order valence-electron chi connectivity index (χ4n) is 1.88. The second-order valence-corrected chi connectivity index (χ2v) is 5.53. The van der Waals surface area contributed by atoms with Crippen LogP contribution in [0.3, 0.4) is 0 Å². The molecule has 0 radical (unpaired) electrons. The molecule has 0 fully saturated rings. The predicted octanol–water partition coefficient (Wildman–Crippen LogP) is 1.56. The SMILES string of the molecule is CC=C(OC(=O)C(C)=CCCO)C(O)(C=C(C)C(=O)O)C=C(C)C(=O)O. The van der Waals surface area contributed by atoms with E-state index in [2.05, 4.69) is 0 Å². The van der Waals surface area contributed by atoms with Crippen LogP contribution in [0.4, 0.5) is 0 Å². The van der Waals surface area contributed by atoms with E-state index in [0.717, 1.165) is 12.2 Å². The lowest BCUT2D eigenvalue weighted by Crippen LogP contribution is -2.31. The summed E-state index contributed by atoms with van der Waals surface area (Å²) in [5, 5.41) is 37.7. The molecule has 0 rings (SSSR count). The van der Waals surface area contributed by atoms with Crippen LogP contribution in [0, 0.1) is 0 Å². The quantitative estimate of drug-likeness (QED) is 0.273. The third kappa shape index (κ3) is 7.04. The highest BCUT2D eigenvalue weighted by molar-refractivity contribution is 5.90. The number of carbonyl (C=O) groups is 3. The van der Waals surface area contributed by atoms with Gasteiger partial charge in [-0.25, -0.2) is 14.4 Å². The van der Waals surface area contributed by atoms with Crippen LogP contribution in [0.25, 0.3) is 0 Å². The van der Waals surface area contributed by atoms with E-state index in [1.807, 2.05) is 0 Å². The highest BCUT2D eigenvalue weighted by Gasteiger charge is 2.32. The molecular weight excluding hydrogens is 344 g/mol. The number of rotatable bonds is 9. The molecule has 0 aromatic rings. The van der Waals surface area contributed by atoms with E-state index in [4.69, 9.17) is 20.1 Å². The molecule has 0 atom stereocenters. The number of hydrogen-bond donors (Lipinski definition) is 4. The minimum atomic E-state index is -2.26. The van der Waals surface area contributed by atoms with Crippen molar-refractivity contribution in [2.75, 3.05) is 6.61 Å². The monoisotopic (exact) mass is 368 g/mol. The summed E-state index contributed by atoms with van der Waals surface area (Å²) in [5.41, 5.74) is -2.64. The zero-order chi connectivity index (χ0) is 20.5. The van der Waals surface area contributed by atoms with Gasteiger partial charge in [0.15, 0.2) is 5.60 Å². The van der Waals surface area contributed by atoms with Gasteiger partial charge in [0.1, 0.15) is 5.76 Å². The number of carbonyl (C=O) groups excluding carboxylic acids is 1. The van der Waals surface area contributed by atoms with Crippen molar-refractivity contribution in [2.24, 2.45) is 0 Å². The van der Waals surface area contributed by atoms with Gasteiger partial charge in [-0.2, -0.15) is 0 Å². The first-order valence-corrected chi connectivity index (χ1v) is 7.73. The molecule has 4 N–H and O–H groups in total. The topological polar surface area (TPSA) is 141 Å². The van der Waals surface area contributed by atoms with Crippen LogP contribution < -0.4 is 0 Å². The molecule has 8 nitrogen and oxygen atoms in total. The summed E-state index contributed by atoms with van der Waals surface area (Å²) in [4.78, 5) is 34.3. The fourth-order valence-corrected chi connectivity index (χ4v) is 1.88. The van der Waals surface area contributed by atoms with Crippen LogP contribution in [0.15, 0.2) is 46.8 Å². The van der Waals surface area contributed by atoms with Crippen molar-refractivity contribution >= 4 is 17.9 Å². The molecule has 144 valence electrons. The van der Waals surface area contributed by atoms with E-state index in [0.29, 0.717) is 0 Å². The van der Waals surface area contributed by atoms with Crippen molar-refractivity contribution in [1.82, 2.24) is 0 Å². The van der Waals surface area contributed by atoms with Crippen LogP contribution in [0.1, 0.15) is 34.1 Å². The number of ether oxygens (including phenoxy) is 1. The summed E-state index contributed by atoms with van der Waals surface area (Å²) in [6.07, 6.45) is 4.67. The van der Waals surface area contributed by atoms with E-state index in [1.165, 1.54) is 39.8 Å². The Morgan fingerprint density at radius 2 is 1.42 bits per heavy atom. The number of allylic oxidation sites excluding steroid dienone is 1. The average molecular weight is 368 g/mol. The van der Waals surface area contributed by atoms with Gasteiger partial charge in [-0.1, -0.05) is 6.08 Å². The molecule has 8 heteroatoms. The van der Waals surface area contributed by atoms with Crippen molar-refractivity contribution < 1.29 is 39.5 Å². The molecule has 0 spiro atoms. The summed E-state index contributed by atoms with van der Waals surface area (Å²) in [6.45, 7) is 5.14. The summed E-state index contributed by atoms with van der Waals surface area (Å²) < 4.78 is 5.13. The molecule has 0 aromatic carbocycles. The Hall–Kier alpha value is -2.71. The standard InChI is InChI=1S/C18H24O8/c1-5-14(26-17(24)11(2)7-6-8-19)18(25,9-12(3)15(20)21)10-13(4)16(22)23/h5,7,9-10,19,25H,6,8H2,1-4H3,(H,20,21)(H,22,23). The third-order valence-electron chi connectivity index (χ3n) is 3.31. The van der Waals surface area contributed by atoms with Crippen molar-refractivity contribution in [2.45, 2.75) is 39.7 Å². The van der Waals surface area contributed by atoms with Crippen molar-refractivity contribution in [3.63, 3.8) is 0 Å². The van der Waals surface area contributed by atoms with Crippen LogP contribution >= 0.6 is 0 Å². The molecule has 0 heterocycles. The van der Waals surface area contributed by atoms with Gasteiger partial charge >= 0.3 is 17.9 Å². The second-order valence-electron chi connectivity index (χ2n) is 5.53. The number of esters is 1. The maximum absolute atomic E-state index is 12.1. The zero-order valence-electron chi connectivity index (χ0n) is 15.1. The number of aliphatic hydroxyl groups excluding tert-OH is 1. The highest BCUT2D eigenvalue weighted by atomic mass is 16.5. The first kappa shape index (κ1) is 23.3. The molecule has 0 aliphatic heterocycles. The molecule has 0 aliphatic rings. The lowest BCUT2D eigenvalue weighted by molar-refractivity contribution is -0.137. The second kappa shape index (κ2) is 10.3. The molecular formula is C18H24O8. The molecule has 0 amide bonds. The minimum Gasteiger partial charge on any atom is -0.478 e.